The van der Waals surface area contributed by atoms with Crippen LogP contribution in [0.1, 0.15) is 23.7 Å². The first kappa shape index (κ1) is 11.9. The average Bonchev–Trinajstić information content (AvgIpc) is 2.84. The number of carbonyl (C=O) groups is 1. The molecule has 1 aromatic heterocycles. The molecule has 1 fully saturated rings. The molecule has 0 saturated carbocycles. The number of nitrogens with zero attached hydrogens (tertiary/aromatic N) is 2. The Morgan fingerprint density at radius 2 is 2.53 bits per heavy atom. The van der Waals surface area contributed by atoms with Crippen LogP contribution in [0, 0.1) is 0 Å². The first-order chi connectivity index (χ1) is 8.22. The number of hydrogen-bond acceptors (Lipinski definition) is 4. The Kier molecular flexibility index (Phi) is 3.58. The van der Waals surface area contributed by atoms with Crippen LogP contribution in [0.15, 0.2) is 18.3 Å². The second-order valence-corrected chi connectivity index (χ2v) is 4.20. The van der Waals surface area contributed by atoms with Gasteiger partial charge in [0, 0.05) is 30.9 Å². The topological polar surface area (TPSA) is 71.2 Å². The summed E-state index contributed by atoms with van der Waals surface area (Å²) in [5, 5.41) is 3.33. The fourth-order valence-corrected chi connectivity index (χ4v) is 2.24. The van der Waals surface area contributed by atoms with E-state index in [9.17, 15) is 4.79 Å². The fraction of sp³-hybridized carbons (Fsp3) is 0.500. The van der Waals surface area contributed by atoms with Gasteiger partial charge in [-0.1, -0.05) is 0 Å². The third kappa shape index (κ3) is 2.55. The van der Waals surface area contributed by atoms with Crippen molar-refractivity contribution in [3.63, 3.8) is 0 Å². The number of primary amides is 1. The highest BCUT2D eigenvalue weighted by Gasteiger charge is 2.22. The van der Waals surface area contributed by atoms with E-state index in [1.807, 2.05) is 0 Å². The molecule has 2 heterocycles. The van der Waals surface area contributed by atoms with Crippen LogP contribution in [0.25, 0.3) is 0 Å². The monoisotopic (exact) mass is 234 g/mol. The molecule has 17 heavy (non-hydrogen) atoms. The van der Waals surface area contributed by atoms with Crippen LogP contribution in [0.4, 0.5) is 5.82 Å². The van der Waals surface area contributed by atoms with Gasteiger partial charge in [0.05, 0.1) is 0 Å². The normalized spacial score (nSPS) is 19.2. The van der Waals surface area contributed by atoms with E-state index in [4.69, 9.17) is 5.73 Å². The van der Waals surface area contributed by atoms with Crippen molar-refractivity contribution < 1.29 is 4.79 Å². The predicted octanol–water partition coefficient (Wildman–Crippen LogP) is 0.369. The molecule has 5 heteroatoms. The smallest absolute Gasteiger partial charge is 0.248 e. The molecular weight excluding hydrogens is 216 g/mol. The highest BCUT2D eigenvalue weighted by atomic mass is 16.1. The molecular formula is C12H18N4O. The van der Waals surface area contributed by atoms with E-state index in [0.29, 0.717) is 11.6 Å². The highest BCUT2D eigenvalue weighted by molar-refractivity contribution is 5.93. The van der Waals surface area contributed by atoms with Crippen molar-refractivity contribution in [1.82, 2.24) is 10.3 Å². The molecule has 1 unspecified atom stereocenters. The van der Waals surface area contributed by atoms with E-state index in [0.717, 1.165) is 31.9 Å². The Labute approximate surface area is 101 Å². The first-order valence-corrected chi connectivity index (χ1v) is 5.95. The number of nitrogens with two attached hydrogens (primary N) is 1. The van der Waals surface area contributed by atoms with Crippen molar-refractivity contribution in [3.05, 3.63) is 23.9 Å². The lowest BCUT2D eigenvalue weighted by molar-refractivity contribution is 0.1000. The molecule has 1 aliphatic heterocycles. The third-order valence-corrected chi connectivity index (χ3v) is 3.14. The highest BCUT2D eigenvalue weighted by Crippen LogP contribution is 2.18. The summed E-state index contributed by atoms with van der Waals surface area (Å²) in [4.78, 5) is 17.7. The fourth-order valence-electron chi connectivity index (χ4n) is 2.24. The number of hydrogen-bond donors (Lipinski definition) is 2. The lowest BCUT2D eigenvalue weighted by Crippen LogP contribution is -2.37. The minimum absolute atomic E-state index is 0.408. The Bertz CT molecular complexity index is 401. The molecule has 0 aliphatic carbocycles. The number of rotatable bonds is 4. The maximum atomic E-state index is 11.1. The number of amides is 1. The maximum Gasteiger partial charge on any atom is 0.248 e. The van der Waals surface area contributed by atoms with Crippen molar-refractivity contribution in [1.29, 1.82) is 0 Å². The van der Waals surface area contributed by atoms with Crippen molar-refractivity contribution in [3.8, 4) is 0 Å². The second kappa shape index (κ2) is 5.14. The summed E-state index contributed by atoms with van der Waals surface area (Å²) < 4.78 is 0. The van der Waals surface area contributed by atoms with Gasteiger partial charge in [0.25, 0.3) is 0 Å². The van der Waals surface area contributed by atoms with Crippen LogP contribution in [0.3, 0.4) is 0 Å². The number of likely N-dealkylation sites (N-methyl/N-ethyl adjacent to an activating group) is 1. The molecule has 0 aromatic carbocycles. The molecule has 0 spiro atoms. The SMILES string of the molecule is CCN(c1cc(C(N)=O)ccn1)C1CCNC1. The molecule has 1 atom stereocenters. The summed E-state index contributed by atoms with van der Waals surface area (Å²) >= 11 is 0. The quantitative estimate of drug-likeness (QED) is 0.789. The lowest BCUT2D eigenvalue weighted by atomic mass is 10.2. The molecule has 3 N–H and O–H groups in total. The zero-order valence-electron chi connectivity index (χ0n) is 10.0. The Hall–Kier alpha value is -1.62. The average molecular weight is 234 g/mol. The first-order valence-electron chi connectivity index (χ1n) is 5.95. The van der Waals surface area contributed by atoms with Crippen molar-refractivity contribution >= 4 is 11.7 Å². The van der Waals surface area contributed by atoms with Gasteiger partial charge in [-0.25, -0.2) is 4.98 Å². The van der Waals surface area contributed by atoms with Gasteiger partial charge in [-0.15, -0.1) is 0 Å². The Balaban J connectivity index is 2.23. The van der Waals surface area contributed by atoms with E-state index in [2.05, 4.69) is 22.1 Å². The van der Waals surface area contributed by atoms with Gasteiger partial charge in [-0.3, -0.25) is 4.79 Å². The number of nitrogens with one attached hydrogen (secondary N) is 1. The predicted molar refractivity (Wildman–Crippen MR) is 67.0 cm³/mol. The summed E-state index contributed by atoms with van der Waals surface area (Å²) in [6, 6.07) is 3.87. The maximum absolute atomic E-state index is 11.1. The molecule has 1 aromatic rings. The number of pyridine rings is 1. The van der Waals surface area contributed by atoms with Gasteiger partial charge in [-0.2, -0.15) is 0 Å². The summed E-state index contributed by atoms with van der Waals surface area (Å²) in [7, 11) is 0. The van der Waals surface area contributed by atoms with E-state index < -0.39 is 5.91 Å². The molecule has 1 amide bonds. The van der Waals surface area contributed by atoms with Gasteiger partial charge >= 0.3 is 0 Å². The van der Waals surface area contributed by atoms with Gasteiger partial charge < -0.3 is 16.0 Å². The van der Waals surface area contributed by atoms with Crippen LogP contribution in [-0.2, 0) is 0 Å². The molecule has 1 saturated heterocycles. The Morgan fingerprint density at radius 3 is 3.12 bits per heavy atom. The van der Waals surface area contributed by atoms with Gasteiger partial charge in [0.15, 0.2) is 0 Å². The minimum Gasteiger partial charge on any atom is -0.366 e. The Morgan fingerprint density at radius 1 is 1.71 bits per heavy atom. The number of anilines is 1. The number of carbonyl (C=O) groups excluding carboxylic acids is 1. The molecule has 5 nitrogen and oxygen atoms in total. The summed E-state index contributed by atoms with van der Waals surface area (Å²) in [6.07, 6.45) is 2.75. The van der Waals surface area contributed by atoms with Crippen molar-refractivity contribution in [2.75, 3.05) is 24.5 Å². The lowest BCUT2D eigenvalue weighted by Gasteiger charge is -2.28. The minimum atomic E-state index is -0.408. The van der Waals surface area contributed by atoms with Gasteiger partial charge in [0.2, 0.25) is 5.91 Å². The van der Waals surface area contributed by atoms with Crippen molar-refractivity contribution in [2.45, 2.75) is 19.4 Å². The van der Waals surface area contributed by atoms with E-state index >= 15 is 0 Å². The molecule has 0 radical (unpaired) electrons. The largest absolute Gasteiger partial charge is 0.366 e. The molecule has 92 valence electrons. The van der Waals surface area contributed by atoms with E-state index in [1.54, 1.807) is 18.3 Å². The zero-order chi connectivity index (χ0) is 12.3. The summed E-state index contributed by atoms with van der Waals surface area (Å²) in [5.74, 6) is 0.423. The molecule has 0 bridgehead atoms. The van der Waals surface area contributed by atoms with Crippen LogP contribution in [0.5, 0.6) is 0 Å². The number of aromatic nitrogens is 1. The van der Waals surface area contributed by atoms with Crippen LogP contribution in [0.2, 0.25) is 0 Å². The summed E-state index contributed by atoms with van der Waals surface area (Å²) in [5.41, 5.74) is 5.79. The standard InChI is InChI=1S/C12H18N4O/c1-2-16(10-4-5-14-8-10)11-7-9(12(13)17)3-6-15-11/h3,6-7,10,14H,2,4-5,8H2,1H3,(H2,13,17). The van der Waals surface area contributed by atoms with E-state index in [-0.39, 0.29) is 0 Å². The third-order valence-electron chi connectivity index (χ3n) is 3.14. The molecule has 1 aliphatic rings. The summed E-state index contributed by atoms with van der Waals surface area (Å²) in [6.45, 7) is 4.98. The van der Waals surface area contributed by atoms with Crippen molar-refractivity contribution in [2.24, 2.45) is 5.73 Å². The van der Waals surface area contributed by atoms with Gasteiger partial charge in [0.1, 0.15) is 5.82 Å². The van der Waals surface area contributed by atoms with Gasteiger partial charge in [-0.05, 0) is 32.0 Å². The van der Waals surface area contributed by atoms with Crippen LogP contribution in [-0.4, -0.2) is 36.6 Å². The second-order valence-electron chi connectivity index (χ2n) is 4.20. The zero-order valence-corrected chi connectivity index (χ0v) is 10.0. The van der Waals surface area contributed by atoms with Crippen LogP contribution < -0.4 is 16.0 Å². The van der Waals surface area contributed by atoms with Crippen LogP contribution >= 0.6 is 0 Å². The van der Waals surface area contributed by atoms with E-state index in [1.165, 1.54) is 0 Å². The molecule has 2 rings (SSSR count).